The topological polar surface area (TPSA) is 66.0 Å². The number of fused-ring (bicyclic) bond motifs is 1. The summed E-state index contributed by atoms with van der Waals surface area (Å²) in [5.74, 6) is 0.831. The third kappa shape index (κ3) is 2.91. The zero-order valence-corrected chi connectivity index (χ0v) is 14.6. The second-order valence-corrected chi connectivity index (χ2v) is 7.40. The lowest BCUT2D eigenvalue weighted by molar-refractivity contribution is -0.0494. The van der Waals surface area contributed by atoms with Gasteiger partial charge in [0.1, 0.15) is 6.17 Å². The minimum absolute atomic E-state index is 0.0942. The fourth-order valence-electron chi connectivity index (χ4n) is 4.21. The predicted octanol–water partition coefficient (Wildman–Crippen LogP) is 4.17. The molecule has 5 nitrogen and oxygen atoms in total. The van der Waals surface area contributed by atoms with Crippen molar-refractivity contribution in [2.75, 3.05) is 5.73 Å². The molecule has 2 fully saturated rings. The Bertz CT molecular complexity index is 811. The number of hydrogen-bond donors (Lipinski definition) is 1. The summed E-state index contributed by atoms with van der Waals surface area (Å²) in [6.07, 6.45) is 2.04. The zero-order valence-electron chi connectivity index (χ0n) is 14.6. The van der Waals surface area contributed by atoms with Crippen molar-refractivity contribution < 1.29 is 17.9 Å². The van der Waals surface area contributed by atoms with E-state index in [0.29, 0.717) is 41.9 Å². The Balaban J connectivity index is 1.67. The van der Waals surface area contributed by atoms with Crippen molar-refractivity contribution in [2.24, 2.45) is 11.8 Å². The van der Waals surface area contributed by atoms with Crippen LogP contribution in [0.1, 0.15) is 44.3 Å². The van der Waals surface area contributed by atoms with Crippen molar-refractivity contribution in [2.45, 2.75) is 51.4 Å². The number of nitrogen functional groups attached to an aromatic ring is 1. The molecule has 2 aliphatic rings. The van der Waals surface area contributed by atoms with E-state index in [1.807, 2.05) is 24.6 Å². The van der Waals surface area contributed by atoms with E-state index in [0.717, 1.165) is 5.69 Å². The smallest absolute Gasteiger partial charge is 0.387 e. The van der Waals surface area contributed by atoms with Crippen LogP contribution in [0.15, 0.2) is 18.3 Å². The standard InChI is InChI=1S/C18H21F3N4O/c1-8(2)25-14(16-11-4-10(19)5-12(11)16)6-13(24-25)9-3-15(26-18(20)21)17(22)23-7-9/h3,6-8,10-12,16,18H,4-5H2,1-2H3,(H2,22,23). The van der Waals surface area contributed by atoms with Crippen molar-refractivity contribution in [3.05, 3.63) is 24.0 Å². The number of nitrogens with zero attached hydrogens (tertiary/aromatic N) is 3. The highest BCUT2D eigenvalue weighted by Gasteiger charge is 2.58. The molecule has 2 N–H and O–H groups in total. The number of nitrogens with two attached hydrogens (primary N) is 1. The van der Waals surface area contributed by atoms with Gasteiger partial charge in [-0.05, 0) is 50.7 Å². The van der Waals surface area contributed by atoms with Crippen molar-refractivity contribution in [1.82, 2.24) is 14.8 Å². The lowest BCUT2D eigenvalue weighted by Crippen LogP contribution is -2.09. The Labute approximate surface area is 149 Å². The number of anilines is 1. The molecule has 0 aliphatic heterocycles. The number of ether oxygens (including phenoxy) is 1. The first-order chi connectivity index (χ1) is 12.3. The Kier molecular flexibility index (Phi) is 4.08. The van der Waals surface area contributed by atoms with Crippen LogP contribution in [-0.4, -0.2) is 27.5 Å². The highest BCUT2D eigenvalue weighted by molar-refractivity contribution is 5.64. The molecule has 0 bridgehead atoms. The Morgan fingerprint density at radius 1 is 1.23 bits per heavy atom. The van der Waals surface area contributed by atoms with Gasteiger partial charge in [-0.25, -0.2) is 9.37 Å². The van der Waals surface area contributed by atoms with Crippen LogP contribution in [0.3, 0.4) is 0 Å². The highest BCUT2D eigenvalue weighted by atomic mass is 19.3. The minimum Gasteiger partial charge on any atom is -0.431 e. The number of halogens is 3. The third-order valence-corrected chi connectivity index (χ3v) is 5.38. The quantitative estimate of drug-likeness (QED) is 0.862. The van der Waals surface area contributed by atoms with Crippen LogP contribution in [0.2, 0.25) is 0 Å². The molecule has 2 saturated carbocycles. The van der Waals surface area contributed by atoms with E-state index >= 15 is 0 Å². The van der Waals surface area contributed by atoms with Crippen LogP contribution in [0.25, 0.3) is 11.3 Å². The third-order valence-electron chi connectivity index (χ3n) is 5.38. The van der Waals surface area contributed by atoms with Gasteiger partial charge < -0.3 is 10.5 Å². The molecule has 0 spiro atoms. The first kappa shape index (κ1) is 17.2. The molecule has 2 aromatic heterocycles. The largest absolute Gasteiger partial charge is 0.431 e. The maximum absolute atomic E-state index is 13.5. The zero-order chi connectivity index (χ0) is 18.6. The molecule has 8 heteroatoms. The molecule has 0 aromatic carbocycles. The van der Waals surface area contributed by atoms with E-state index in [-0.39, 0.29) is 17.6 Å². The molecular formula is C18H21F3N4O. The van der Waals surface area contributed by atoms with Gasteiger partial charge in [0.15, 0.2) is 11.6 Å². The molecule has 0 amide bonds. The van der Waals surface area contributed by atoms with Gasteiger partial charge in [-0.15, -0.1) is 0 Å². The molecule has 2 atom stereocenters. The summed E-state index contributed by atoms with van der Waals surface area (Å²) in [5.41, 5.74) is 7.86. The molecule has 0 radical (unpaired) electrons. The van der Waals surface area contributed by atoms with E-state index in [1.54, 1.807) is 0 Å². The van der Waals surface area contributed by atoms with Crippen LogP contribution < -0.4 is 10.5 Å². The van der Waals surface area contributed by atoms with Crippen molar-refractivity contribution in [3.8, 4) is 17.0 Å². The monoisotopic (exact) mass is 366 g/mol. The molecule has 4 rings (SSSR count). The Morgan fingerprint density at radius 2 is 1.92 bits per heavy atom. The van der Waals surface area contributed by atoms with Gasteiger partial charge in [0, 0.05) is 29.4 Å². The fraction of sp³-hybridized carbons (Fsp3) is 0.556. The lowest BCUT2D eigenvalue weighted by Gasteiger charge is -2.12. The molecular weight excluding hydrogens is 345 g/mol. The summed E-state index contributed by atoms with van der Waals surface area (Å²) in [5, 5.41) is 4.64. The van der Waals surface area contributed by atoms with Crippen molar-refractivity contribution in [1.29, 1.82) is 0 Å². The first-order valence-corrected chi connectivity index (χ1v) is 8.79. The van der Waals surface area contributed by atoms with Gasteiger partial charge >= 0.3 is 6.61 Å². The fourth-order valence-corrected chi connectivity index (χ4v) is 4.21. The molecule has 2 heterocycles. The Morgan fingerprint density at radius 3 is 2.54 bits per heavy atom. The number of pyridine rings is 1. The van der Waals surface area contributed by atoms with E-state index in [2.05, 4.69) is 14.8 Å². The summed E-state index contributed by atoms with van der Waals surface area (Å²) in [4.78, 5) is 3.94. The number of hydrogen-bond acceptors (Lipinski definition) is 4. The maximum atomic E-state index is 13.5. The normalized spacial score (nSPS) is 27.2. The van der Waals surface area contributed by atoms with E-state index in [9.17, 15) is 13.2 Å². The minimum atomic E-state index is -2.97. The Hall–Kier alpha value is -2.25. The van der Waals surface area contributed by atoms with Crippen molar-refractivity contribution in [3.63, 3.8) is 0 Å². The summed E-state index contributed by atoms with van der Waals surface area (Å²) in [7, 11) is 0. The predicted molar refractivity (Wildman–Crippen MR) is 90.7 cm³/mol. The average molecular weight is 366 g/mol. The summed E-state index contributed by atoms with van der Waals surface area (Å²) in [6, 6.07) is 3.52. The SMILES string of the molecule is CC(C)n1nc(-c2cnc(N)c(OC(F)F)c2)cc1C1C2CC(F)CC21. The van der Waals surface area contributed by atoms with Gasteiger partial charge in [-0.3, -0.25) is 4.68 Å². The van der Waals surface area contributed by atoms with Crippen LogP contribution in [0.5, 0.6) is 5.75 Å². The summed E-state index contributed by atoms with van der Waals surface area (Å²) < 4.78 is 44.9. The van der Waals surface area contributed by atoms with Gasteiger partial charge in [-0.2, -0.15) is 13.9 Å². The van der Waals surface area contributed by atoms with Crippen LogP contribution in [-0.2, 0) is 0 Å². The van der Waals surface area contributed by atoms with Crippen LogP contribution in [0.4, 0.5) is 19.0 Å². The van der Waals surface area contributed by atoms with Crippen LogP contribution >= 0.6 is 0 Å². The molecule has 26 heavy (non-hydrogen) atoms. The van der Waals surface area contributed by atoms with Gasteiger partial charge in [-0.1, -0.05) is 0 Å². The average Bonchev–Trinajstić information content (AvgIpc) is 2.94. The van der Waals surface area contributed by atoms with E-state index in [4.69, 9.17) is 5.73 Å². The highest BCUT2D eigenvalue weighted by Crippen LogP contribution is 2.64. The summed E-state index contributed by atoms with van der Waals surface area (Å²) in [6.45, 7) is 1.09. The summed E-state index contributed by atoms with van der Waals surface area (Å²) >= 11 is 0. The second-order valence-electron chi connectivity index (χ2n) is 7.40. The van der Waals surface area contributed by atoms with Gasteiger partial charge in [0.25, 0.3) is 0 Å². The van der Waals surface area contributed by atoms with Gasteiger partial charge in [0.05, 0.1) is 5.69 Å². The maximum Gasteiger partial charge on any atom is 0.387 e. The molecule has 2 aromatic rings. The van der Waals surface area contributed by atoms with Crippen molar-refractivity contribution >= 4 is 5.82 Å². The number of rotatable bonds is 5. The second kappa shape index (κ2) is 6.17. The van der Waals surface area contributed by atoms with E-state index < -0.39 is 12.8 Å². The number of alkyl halides is 3. The first-order valence-electron chi connectivity index (χ1n) is 8.79. The molecule has 2 unspecified atom stereocenters. The lowest BCUT2D eigenvalue weighted by atomic mass is 10.1. The van der Waals surface area contributed by atoms with Gasteiger partial charge in [0.2, 0.25) is 0 Å². The molecule has 0 saturated heterocycles. The van der Waals surface area contributed by atoms with E-state index in [1.165, 1.54) is 12.3 Å². The number of aromatic nitrogens is 3. The molecule has 2 aliphatic carbocycles. The van der Waals surface area contributed by atoms with Crippen LogP contribution in [0, 0.1) is 11.8 Å². The molecule has 140 valence electrons.